The zero-order valence-corrected chi connectivity index (χ0v) is 14.3. The fraction of sp³-hybridized carbons (Fsp3) is 0.238. The number of ketones is 1. The zero-order valence-electron chi connectivity index (χ0n) is 14.3. The van der Waals surface area contributed by atoms with E-state index in [1.807, 2.05) is 30.3 Å². The summed E-state index contributed by atoms with van der Waals surface area (Å²) in [6.45, 7) is 2.58. The molecule has 2 aromatic carbocycles. The second kappa shape index (κ2) is 10.1. The average Bonchev–Trinajstić information content (AvgIpc) is 2.65. The van der Waals surface area contributed by atoms with E-state index >= 15 is 0 Å². The standard InChI is InChI=1S/C21H22O4/c1-2-10-20(22)25-16-9-8-15-24-19-14-7-6-13-18(19)21(23)17-11-4-3-5-12-17/h2-7,10-14H,8-9,15-16H2,1H3. The predicted octanol–water partition coefficient (Wildman–Crippen LogP) is 4.20. The van der Waals surface area contributed by atoms with Gasteiger partial charge in [-0.15, -0.1) is 0 Å². The van der Waals surface area contributed by atoms with Crippen molar-refractivity contribution in [2.24, 2.45) is 0 Å². The Bertz CT molecular complexity index is 720. The van der Waals surface area contributed by atoms with Crippen molar-refractivity contribution >= 4 is 11.8 Å². The molecule has 0 spiro atoms. The van der Waals surface area contributed by atoms with E-state index in [2.05, 4.69) is 0 Å². The third kappa shape index (κ3) is 5.92. The van der Waals surface area contributed by atoms with E-state index in [1.54, 1.807) is 37.3 Å². The fourth-order valence-corrected chi connectivity index (χ4v) is 2.27. The molecule has 0 unspecified atom stereocenters. The Kier molecular flexibility index (Phi) is 7.44. The first-order valence-electron chi connectivity index (χ1n) is 8.33. The highest BCUT2D eigenvalue weighted by molar-refractivity contribution is 6.10. The van der Waals surface area contributed by atoms with E-state index in [0.29, 0.717) is 36.5 Å². The quantitative estimate of drug-likeness (QED) is 0.298. The number of carbonyl (C=O) groups excluding carboxylic acids is 2. The fourth-order valence-electron chi connectivity index (χ4n) is 2.27. The van der Waals surface area contributed by atoms with E-state index in [-0.39, 0.29) is 11.8 Å². The van der Waals surface area contributed by atoms with Gasteiger partial charge in [0.2, 0.25) is 0 Å². The van der Waals surface area contributed by atoms with E-state index in [9.17, 15) is 9.59 Å². The number of benzene rings is 2. The number of esters is 1. The normalized spacial score (nSPS) is 10.6. The van der Waals surface area contributed by atoms with Crippen LogP contribution in [0.25, 0.3) is 0 Å². The van der Waals surface area contributed by atoms with Crippen LogP contribution >= 0.6 is 0 Å². The summed E-state index contributed by atoms with van der Waals surface area (Å²) in [5.74, 6) is 0.181. The van der Waals surface area contributed by atoms with Crippen LogP contribution in [0.2, 0.25) is 0 Å². The summed E-state index contributed by atoms with van der Waals surface area (Å²) >= 11 is 0. The topological polar surface area (TPSA) is 52.6 Å². The maximum Gasteiger partial charge on any atom is 0.330 e. The Balaban J connectivity index is 1.85. The average molecular weight is 338 g/mol. The van der Waals surface area contributed by atoms with Crippen molar-refractivity contribution in [1.82, 2.24) is 0 Å². The van der Waals surface area contributed by atoms with Gasteiger partial charge in [0.1, 0.15) is 5.75 Å². The van der Waals surface area contributed by atoms with Gasteiger partial charge in [0.05, 0.1) is 18.8 Å². The highest BCUT2D eigenvalue weighted by Crippen LogP contribution is 2.21. The van der Waals surface area contributed by atoms with Crippen molar-refractivity contribution in [1.29, 1.82) is 0 Å². The molecule has 0 atom stereocenters. The number of hydrogen-bond donors (Lipinski definition) is 0. The lowest BCUT2D eigenvalue weighted by molar-refractivity contribution is -0.137. The molecule has 0 aliphatic carbocycles. The van der Waals surface area contributed by atoms with Crippen molar-refractivity contribution < 1.29 is 19.1 Å². The highest BCUT2D eigenvalue weighted by Gasteiger charge is 2.13. The summed E-state index contributed by atoms with van der Waals surface area (Å²) < 4.78 is 10.8. The van der Waals surface area contributed by atoms with Gasteiger partial charge in [-0.25, -0.2) is 4.79 Å². The lowest BCUT2D eigenvalue weighted by Crippen LogP contribution is -2.08. The molecule has 0 heterocycles. The van der Waals surface area contributed by atoms with Crippen LogP contribution in [-0.4, -0.2) is 25.0 Å². The highest BCUT2D eigenvalue weighted by atomic mass is 16.5. The van der Waals surface area contributed by atoms with Crippen LogP contribution < -0.4 is 4.74 Å². The van der Waals surface area contributed by atoms with Crippen molar-refractivity contribution in [3.8, 4) is 5.75 Å². The van der Waals surface area contributed by atoms with Gasteiger partial charge in [0, 0.05) is 11.6 Å². The molecule has 2 rings (SSSR count). The molecule has 4 heteroatoms. The maximum atomic E-state index is 12.6. The lowest BCUT2D eigenvalue weighted by atomic mass is 10.0. The van der Waals surface area contributed by atoms with E-state index < -0.39 is 0 Å². The first-order chi connectivity index (χ1) is 12.2. The van der Waals surface area contributed by atoms with Gasteiger partial charge in [-0.1, -0.05) is 48.5 Å². The Morgan fingerprint density at radius 2 is 1.60 bits per heavy atom. The largest absolute Gasteiger partial charge is 0.493 e. The molecule has 0 aliphatic heterocycles. The number of para-hydroxylation sites is 1. The van der Waals surface area contributed by atoms with E-state index in [4.69, 9.17) is 9.47 Å². The molecule has 4 nitrogen and oxygen atoms in total. The molecular formula is C21H22O4. The Hall–Kier alpha value is -2.88. The van der Waals surface area contributed by atoms with E-state index in [0.717, 1.165) is 6.42 Å². The van der Waals surface area contributed by atoms with Crippen LogP contribution in [0.1, 0.15) is 35.7 Å². The Morgan fingerprint density at radius 3 is 2.36 bits per heavy atom. The molecule has 0 saturated carbocycles. The molecule has 130 valence electrons. The SMILES string of the molecule is CC=CC(=O)OCCCCOc1ccccc1C(=O)c1ccccc1. The summed E-state index contributed by atoms with van der Waals surface area (Å²) in [7, 11) is 0. The van der Waals surface area contributed by atoms with Crippen LogP contribution in [0.15, 0.2) is 66.7 Å². The smallest absolute Gasteiger partial charge is 0.330 e. The zero-order chi connectivity index (χ0) is 17.9. The number of allylic oxidation sites excluding steroid dienone is 1. The molecule has 0 aliphatic rings. The molecule has 2 aromatic rings. The van der Waals surface area contributed by atoms with Crippen LogP contribution in [-0.2, 0) is 9.53 Å². The molecule has 0 N–H and O–H groups in total. The van der Waals surface area contributed by atoms with Crippen LogP contribution in [0.5, 0.6) is 5.75 Å². The van der Waals surface area contributed by atoms with Crippen molar-refractivity contribution in [3.05, 3.63) is 77.9 Å². The number of ether oxygens (including phenoxy) is 2. The molecule has 25 heavy (non-hydrogen) atoms. The minimum Gasteiger partial charge on any atom is -0.493 e. The first-order valence-corrected chi connectivity index (χ1v) is 8.33. The van der Waals surface area contributed by atoms with Crippen LogP contribution in [0, 0.1) is 0 Å². The summed E-state index contributed by atoms with van der Waals surface area (Å²) in [5.41, 5.74) is 1.18. The van der Waals surface area contributed by atoms with Gasteiger partial charge in [-0.05, 0) is 31.9 Å². The molecule has 0 bridgehead atoms. The second-order valence-electron chi connectivity index (χ2n) is 5.41. The molecule has 0 amide bonds. The third-order valence-electron chi connectivity index (χ3n) is 3.51. The minimum absolute atomic E-state index is 0.0588. The Morgan fingerprint density at radius 1 is 0.920 bits per heavy atom. The van der Waals surface area contributed by atoms with Gasteiger partial charge in [-0.3, -0.25) is 4.79 Å². The lowest BCUT2D eigenvalue weighted by Gasteiger charge is -2.11. The summed E-state index contributed by atoms with van der Waals surface area (Å²) in [4.78, 5) is 23.8. The maximum absolute atomic E-state index is 12.6. The van der Waals surface area contributed by atoms with Gasteiger partial charge in [-0.2, -0.15) is 0 Å². The number of unbranched alkanes of at least 4 members (excludes halogenated alkanes) is 1. The number of rotatable bonds is 9. The molecular weight excluding hydrogens is 316 g/mol. The van der Waals surface area contributed by atoms with Gasteiger partial charge < -0.3 is 9.47 Å². The predicted molar refractivity (Wildman–Crippen MR) is 96.8 cm³/mol. The molecule has 0 radical (unpaired) electrons. The summed E-state index contributed by atoms with van der Waals surface area (Å²) in [6.07, 6.45) is 4.48. The van der Waals surface area contributed by atoms with E-state index in [1.165, 1.54) is 6.08 Å². The number of hydrogen-bond acceptors (Lipinski definition) is 4. The summed E-state index contributed by atoms with van der Waals surface area (Å²) in [6, 6.07) is 16.4. The monoisotopic (exact) mass is 338 g/mol. The molecule has 0 aromatic heterocycles. The first kappa shape index (κ1) is 18.5. The molecule has 0 saturated heterocycles. The number of carbonyl (C=O) groups is 2. The second-order valence-corrected chi connectivity index (χ2v) is 5.41. The van der Waals surface area contributed by atoms with Gasteiger partial charge >= 0.3 is 5.97 Å². The van der Waals surface area contributed by atoms with Gasteiger partial charge in [0.25, 0.3) is 0 Å². The van der Waals surface area contributed by atoms with Crippen LogP contribution in [0.4, 0.5) is 0 Å². The molecule has 0 fully saturated rings. The van der Waals surface area contributed by atoms with Crippen molar-refractivity contribution in [2.75, 3.05) is 13.2 Å². The van der Waals surface area contributed by atoms with Crippen LogP contribution in [0.3, 0.4) is 0 Å². The summed E-state index contributed by atoms with van der Waals surface area (Å²) in [5, 5.41) is 0. The van der Waals surface area contributed by atoms with Crippen molar-refractivity contribution in [2.45, 2.75) is 19.8 Å². The van der Waals surface area contributed by atoms with Gasteiger partial charge in [0.15, 0.2) is 5.78 Å². The third-order valence-corrected chi connectivity index (χ3v) is 3.51. The Labute approximate surface area is 148 Å². The minimum atomic E-state index is -0.331. The van der Waals surface area contributed by atoms with Crippen molar-refractivity contribution in [3.63, 3.8) is 0 Å².